The lowest BCUT2D eigenvalue weighted by molar-refractivity contribution is -0.123. The largest absolute Gasteiger partial charge is 0.369 e. The molecule has 30 heavy (non-hydrogen) atoms. The molecule has 2 saturated carbocycles. The van der Waals surface area contributed by atoms with Crippen molar-refractivity contribution in [2.75, 3.05) is 0 Å². The molecule has 1 aromatic carbocycles. The first-order valence-corrected chi connectivity index (χ1v) is 11.2. The van der Waals surface area contributed by atoms with E-state index >= 15 is 0 Å². The number of hydrogen-bond donors (Lipinski definition) is 1. The van der Waals surface area contributed by atoms with Gasteiger partial charge in [-0.05, 0) is 31.7 Å². The van der Waals surface area contributed by atoms with Gasteiger partial charge in [0.1, 0.15) is 5.82 Å². The Kier molecular flexibility index (Phi) is 4.94. The summed E-state index contributed by atoms with van der Waals surface area (Å²) in [5.74, 6) is 0.394. The molecular formula is C22H23N5O2S. The number of aromatic nitrogens is 4. The summed E-state index contributed by atoms with van der Waals surface area (Å²) < 4.78 is 6.26. The van der Waals surface area contributed by atoms with Gasteiger partial charge in [-0.3, -0.25) is 9.59 Å². The third-order valence-corrected chi connectivity index (χ3v) is 6.84. The van der Waals surface area contributed by atoms with E-state index in [0.717, 1.165) is 54.3 Å². The normalized spacial score (nSPS) is 21.5. The number of nitrogens with two attached hydrogens (primary N) is 1. The number of primary amides is 1. The predicted octanol–water partition coefficient (Wildman–Crippen LogP) is 3.74. The second kappa shape index (κ2) is 7.75. The third kappa shape index (κ3) is 3.56. The van der Waals surface area contributed by atoms with Crippen LogP contribution in [0, 0.1) is 11.8 Å². The van der Waals surface area contributed by atoms with E-state index in [1.807, 2.05) is 30.3 Å². The molecule has 1 amide bonds. The quantitative estimate of drug-likeness (QED) is 0.611. The first-order chi connectivity index (χ1) is 14.6. The molecule has 0 spiro atoms. The van der Waals surface area contributed by atoms with Gasteiger partial charge >= 0.3 is 0 Å². The van der Waals surface area contributed by atoms with Gasteiger partial charge in [0.2, 0.25) is 11.0 Å². The summed E-state index contributed by atoms with van der Waals surface area (Å²) in [6, 6.07) is 9.44. The zero-order valence-corrected chi connectivity index (χ0v) is 17.3. The smallest absolute Gasteiger partial charge is 0.230 e. The van der Waals surface area contributed by atoms with E-state index in [-0.39, 0.29) is 23.5 Å². The highest BCUT2D eigenvalue weighted by atomic mass is 32.1. The van der Waals surface area contributed by atoms with E-state index in [1.54, 1.807) is 10.9 Å². The van der Waals surface area contributed by atoms with E-state index in [9.17, 15) is 9.59 Å². The van der Waals surface area contributed by atoms with E-state index in [1.165, 1.54) is 11.5 Å². The molecule has 8 heteroatoms. The van der Waals surface area contributed by atoms with Crippen molar-refractivity contribution in [3.63, 3.8) is 0 Å². The van der Waals surface area contributed by atoms with E-state index in [0.29, 0.717) is 17.9 Å². The average molecular weight is 422 g/mol. The minimum Gasteiger partial charge on any atom is -0.369 e. The Morgan fingerprint density at radius 1 is 1.00 bits per heavy atom. The van der Waals surface area contributed by atoms with Crippen LogP contribution in [0.2, 0.25) is 0 Å². The van der Waals surface area contributed by atoms with Crippen LogP contribution in [0.25, 0.3) is 16.4 Å². The van der Waals surface area contributed by atoms with E-state index < -0.39 is 0 Å². The molecule has 154 valence electrons. The summed E-state index contributed by atoms with van der Waals surface area (Å²) in [6.07, 6.45) is 7.40. The van der Waals surface area contributed by atoms with E-state index in [2.05, 4.69) is 14.5 Å². The molecule has 0 aliphatic heterocycles. The maximum atomic E-state index is 13.0. The molecule has 2 aromatic heterocycles. The Balaban J connectivity index is 1.38. The fourth-order valence-corrected chi connectivity index (χ4v) is 5.02. The Hall–Kier alpha value is -2.87. The maximum Gasteiger partial charge on any atom is 0.230 e. The molecule has 2 fully saturated rings. The number of Topliss-reactive ketones (excluding diaryl/α,β-unsaturated/α-hetero) is 1. The summed E-state index contributed by atoms with van der Waals surface area (Å²) in [4.78, 5) is 29.5. The predicted molar refractivity (Wildman–Crippen MR) is 113 cm³/mol. The molecule has 5 rings (SSSR count). The number of benzene rings is 1. The average Bonchev–Trinajstić information content (AvgIpc) is 3.30. The molecule has 2 atom stereocenters. The fourth-order valence-electron chi connectivity index (χ4n) is 4.30. The number of amides is 1. The van der Waals surface area contributed by atoms with Gasteiger partial charge < -0.3 is 5.73 Å². The van der Waals surface area contributed by atoms with Crippen LogP contribution < -0.4 is 5.73 Å². The Morgan fingerprint density at radius 2 is 1.73 bits per heavy atom. The van der Waals surface area contributed by atoms with Crippen LogP contribution in [0.15, 0.2) is 36.5 Å². The number of ketones is 1. The zero-order valence-electron chi connectivity index (χ0n) is 16.5. The van der Waals surface area contributed by atoms with Crippen LogP contribution in [0.1, 0.15) is 60.6 Å². The Bertz CT molecular complexity index is 1080. The number of nitrogens with zero attached hydrogens (tertiary/aromatic N) is 4. The molecule has 0 radical (unpaired) electrons. The lowest BCUT2D eigenvalue weighted by Crippen LogP contribution is -2.36. The first kappa shape index (κ1) is 19.1. The Morgan fingerprint density at radius 3 is 2.43 bits per heavy atom. The lowest BCUT2D eigenvalue weighted by atomic mass is 9.75. The van der Waals surface area contributed by atoms with Crippen molar-refractivity contribution in [2.24, 2.45) is 17.6 Å². The van der Waals surface area contributed by atoms with Crippen LogP contribution in [-0.2, 0) is 4.79 Å². The SMILES string of the molecule is NC(=O)C1CCCCC1C(=O)c1ccc(-c2ccnn2-c2nc(C3CC3)ns2)cc1. The van der Waals surface area contributed by atoms with Crippen molar-refractivity contribution in [1.82, 2.24) is 19.1 Å². The zero-order chi connectivity index (χ0) is 20.7. The van der Waals surface area contributed by atoms with Crippen molar-refractivity contribution < 1.29 is 9.59 Å². The van der Waals surface area contributed by atoms with Crippen LogP contribution in [-0.4, -0.2) is 30.8 Å². The Labute approximate surface area is 178 Å². The van der Waals surface area contributed by atoms with Gasteiger partial charge in [0, 0.05) is 40.4 Å². The second-order valence-electron chi connectivity index (χ2n) is 8.18. The summed E-state index contributed by atoms with van der Waals surface area (Å²) in [7, 11) is 0. The van der Waals surface area contributed by atoms with Crippen molar-refractivity contribution in [3.8, 4) is 16.4 Å². The van der Waals surface area contributed by atoms with Crippen LogP contribution >= 0.6 is 11.5 Å². The number of carbonyl (C=O) groups is 2. The van der Waals surface area contributed by atoms with Gasteiger partial charge in [-0.1, -0.05) is 37.1 Å². The molecule has 7 nitrogen and oxygen atoms in total. The molecule has 2 aliphatic rings. The summed E-state index contributed by atoms with van der Waals surface area (Å²) >= 11 is 1.36. The topological polar surface area (TPSA) is 104 Å². The van der Waals surface area contributed by atoms with Crippen molar-refractivity contribution in [3.05, 3.63) is 47.9 Å². The van der Waals surface area contributed by atoms with Crippen molar-refractivity contribution >= 4 is 23.2 Å². The van der Waals surface area contributed by atoms with Crippen LogP contribution in [0.4, 0.5) is 0 Å². The molecule has 0 bridgehead atoms. The van der Waals surface area contributed by atoms with E-state index in [4.69, 9.17) is 5.73 Å². The van der Waals surface area contributed by atoms with Gasteiger partial charge in [-0.2, -0.15) is 9.47 Å². The highest BCUT2D eigenvalue weighted by Crippen LogP contribution is 2.39. The number of rotatable bonds is 6. The number of carbonyl (C=O) groups excluding carboxylic acids is 2. The fraction of sp³-hybridized carbons (Fsp3) is 0.409. The molecule has 2 aliphatic carbocycles. The van der Waals surface area contributed by atoms with Crippen molar-refractivity contribution in [1.29, 1.82) is 0 Å². The van der Waals surface area contributed by atoms with Gasteiger partial charge in [0.15, 0.2) is 5.78 Å². The van der Waals surface area contributed by atoms with Crippen LogP contribution in [0.5, 0.6) is 0 Å². The monoisotopic (exact) mass is 421 g/mol. The lowest BCUT2D eigenvalue weighted by Gasteiger charge is -2.28. The maximum absolute atomic E-state index is 13.0. The minimum absolute atomic E-state index is 0.0109. The van der Waals surface area contributed by atoms with Crippen LogP contribution in [0.3, 0.4) is 0 Å². The van der Waals surface area contributed by atoms with Gasteiger partial charge in [-0.25, -0.2) is 9.67 Å². The molecule has 2 heterocycles. The molecule has 2 unspecified atom stereocenters. The summed E-state index contributed by atoms with van der Waals surface area (Å²) in [5, 5.41) is 5.18. The highest BCUT2D eigenvalue weighted by Gasteiger charge is 2.35. The molecular weight excluding hydrogens is 398 g/mol. The third-order valence-electron chi connectivity index (χ3n) is 6.13. The van der Waals surface area contributed by atoms with Gasteiger partial charge in [-0.15, -0.1) is 0 Å². The van der Waals surface area contributed by atoms with Gasteiger partial charge in [0.25, 0.3) is 0 Å². The number of hydrogen-bond acceptors (Lipinski definition) is 6. The van der Waals surface area contributed by atoms with Gasteiger partial charge in [0.05, 0.1) is 11.9 Å². The standard InChI is InChI=1S/C22H23N5O2S/c23-20(29)17-4-2-1-3-16(17)19(28)14-7-5-13(6-8-14)18-11-12-24-27(18)22-25-21(26-30-22)15-9-10-15/h5-8,11-12,15-17H,1-4,9-10H2,(H2,23,29). The summed E-state index contributed by atoms with van der Waals surface area (Å²) in [5.41, 5.74) is 8.02. The molecule has 2 N–H and O–H groups in total. The second-order valence-corrected chi connectivity index (χ2v) is 8.91. The highest BCUT2D eigenvalue weighted by molar-refractivity contribution is 7.08. The van der Waals surface area contributed by atoms with Crippen molar-refractivity contribution in [2.45, 2.75) is 44.4 Å². The summed E-state index contributed by atoms with van der Waals surface area (Å²) in [6.45, 7) is 0. The first-order valence-electron chi connectivity index (χ1n) is 10.4. The molecule has 3 aromatic rings. The minimum atomic E-state index is -0.365. The molecule has 0 saturated heterocycles.